The molecule has 0 aromatic rings. The van der Waals surface area contributed by atoms with Gasteiger partial charge in [0.1, 0.15) is 0 Å². The number of allylic oxidation sites excluding steroid dienone is 1. The van der Waals surface area contributed by atoms with Crippen molar-refractivity contribution in [1.29, 1.82) is 0 Å². The predicted octanol–water partition coefficient (Wildman–Crippen LogP) is 4.94. The Hall–Kier alpha value is -1.32. The van der Waals surface area contributed by atoms with Gasteiger partial charge in [-0.3, -0.25) is 9.59 Å². The number of fused-ring (bicyclic) bond motifs is 5. The minimum atomic E-state index is 0.105. The minimum absolute atomic E-state index is 0.105. The third kappa shape index (κ3) is 3.33. The van der Waals surface area contributed by atoms with Crippen LogP contribution in [-0.2, 0) is 9.59 Å². The van der Waals surface area contributed by atoms with Crippen molar-refractivity contribution >= 4 is 11.8 Å². The molecule has 4 heteroatoms. The van der Waals surface area contributed by atoms with Gasteiger partial charge < -0.3 is 10.2 Å². The van der Waals surface area contributed by atoms with Crippen molar-refractivity contribution < 1.29 is 9.59 Å². The third-order valence-electron chi connectivity index (χ3n) is 10.3. The van der Waals surface area contributed by atoms with Crippen LogP contribution in [0.4, 0.5) is 0 Å². The maximum atomic E-state index is 12.0. The van der Waals surface area contributed by atoms with Crippen LogP contribution in [0.1, 0.15) is 86.0 Å². The molecule has 30 heavy (non-hydrogen) atoms. The zero-order chi connectivity index (χ0) is 21.8. The van der Waals surface area contributed by atoms with Crippen LogP contribution < -0.4 is 5.32 Å². The van der Waals surface area contributed by atoms with Gasteiger partial charge in [0.25, 0.3) is 0 Å². The van der Waals surface area contributed by atoms with E-state index in [1.807, 2.05) is 11.9 Å². The lowest BCUT2D eigenvalue weighted by Crippen LogP contribution is -2.53. The molecule has 2 amide bonds. The lowest BCUT2D eigenvalue weighted by Gasteiger charge is -2.58. The summed E-state index contributed by atoms with van der Waals surface area (Å²) >= 11 is 0. The lowest BCUT2D eigenvalue weighted by atomic mass is 9.47. The Kier molecular flexibility index (Phi) is 5.60. The van der Waals surface area contributed by atoms with E-state index in [0.29, 0.717) is 28.8 Å². The van der Waals surface area contributed by atoms with Crippen molar-refractivity contribution in [1.82, 2.24) is 10.2 Å². The fourth-order valence-corrected chi connectivity index (χ4v) is 8.46. The largest absolute Gasteiger partial charge is 0.353 e. The molecule has 0 aliphatic heterocycles. The van der Waals surface area contributed by atoms with Crippen LogP contribution in [0.5, 0.6) is 0 Å². The molecule has 0 aromatic carbocycles. The highest BCUT2D eigenvalue weighted by molar-refractivity contribution is 5.73. The Morgan fingerprint density at radius 2 is 1.83 bits per heavy atom. The standard InChI is InChI=1S/C26H42N2O2/c1-16(28(6)18(3)30)22-9-10-23-21-8-7-19-15-20(27-17(2)29)11-13-25(19,4)24(21)12-14-26(22,23)5/h7,16,20-24H,8-15H2,1-6H3,(H,27,29)/t16?,20-,21+,22-,23+,24+,25+,26-/m1/s1. The summed E-state index contributed by atoms with van der Waals surface area (Å²) in [4.78, 5) is 25.6. The molecule has 4 aliphatic rings. The number of carbonyl (C=O) groups is 2. The Bertz CT molecular complexity index is 745. The van der Waals surface area contributed by atoms with Gasteiger partial charge in [0, 0.05) is 33.0 Å². The van der Waals surface area contributed by atoms with Crippen LogP contribution in [0.25, 0.3) is 0 Å². The van der Waals surface area contributed by atoms with Crippen LogP contribution in [0.2, 0.25) is 0 Å². The molecule has 0 saturated heterocycles. The second-order valence-electron chi connectivity index (χ2n) is 11.5. The molecule has 0 radical (unpaired) electrons. The van der Waals surface area contributed by atoms with Gasteiger partial charge in [0.2, 0.25) is 11.8 Å². The topological polar surface area (TPSA) is 49.4 Å². The molecule has 168 valence electrons. The highest BCUT2D eigenvalue weighted by Crippen LogP contribution is 2.66. The quantitative estimate of drug-likeness (QED) is 0.665. The van der Waals surface area contributed by atoms with Crippen LogP contribution >= 0.6 is 0 Å². The number of carbonyl (C=O) groups excluding carboxylic acids is 2. The zero-order valence-corrected chi connectivity index (χ0v) is 20.0. The van der Waals surface area contributed by atoms with E-state index in [4.69, 9.17) is 0 Å². The summed E-state index contributed by atoms with van der Waals surface area (Å²) in [6.45, 7) is 10.7. The second kappa shape index (κ2) is 7.67. The average Bonchev–Trinajstić information content (AvgIpc) is 3.03. The van der Waals surface area contributed by atoms with Gasteiger partial charge in [-0.15, -0.1) is 0 Å². The lowest BCUT2D eigenvalue weighted by molar-refractivity contribution is -0.132. The van der Waals surface area contributed by atoms with Gasteiger partial charge in [-0.25, -0.2) is 0 Å². The molecule has 0 bridgehead atoms. The summed E-state index contributed by atoms with van der Waals surface area (Å²) in [6, 6.07) is 0.651. The zero-order valence-electron chi connectivity index (χ0n) is 20.0. The molecular formula is C26H42N2O2. The van der Waals surface area contributed by atoms with Crippen molar-refractivity contribution in [2.24, 2.45) is 34.5 Å². The first kappa shape index (κ1) is 21.9. The summed E-state index contributed by atoms with van der Waals surface area (Å²) in [7, 11) is 1.99. The number of amides is 2. The SMILES string of the molecule is CC(=O)N[C@@H]1CC[C@@]2(C)C(=CC[C@H]3[C@@H]4CC[C@H](C(C)N(C)C(C)=O)[C@@]4(C)CC[C@@H]32)C1. The fourth-order valence-electron chi connectivity index (χ4n) is 8.46. The first-order valence-electron chi connectivity index (χ1n) is 12.3. The van der Waals surface area contributed by atoms with Crippen molar-refractivity contribution in [3.8, 4) is 0 Å². The first-order valence-corrected chi connectivity index (χ1v) is 12.3. The Labute approximate surface area is 183 Å². The average molecular weight is 415 g/mol. The van der Waals surface area contributed by atoms with Gasteiger partial charge in [-0.2, -0.15) is 0 Å². The Morgan fingerprint density at radius 1 is 1.10 bits per heavy atom. The van der Waals surface area contributed by atoms with E-state index in [1.165, 1.54) is 38.5 Å². The molecule has 0 heterocycles. The minimum Gasteiger partial charge on any atom is -0.353 e. The number of hydrogen-bond acceptors (Lipinski definition) is 2. The molecular weight excluding hydrogens is 372 g/mol. The van der Waals surface area contributed by atoms with Gasteiger partial charge in [-0.05, 0) is 92.8 Å². The summed E-state index contributed by atoms with van der Waals surface area (Å²) in [5, 5.41) is 3.17. The normalized spacial score (nSPS) is 43.5. The first-order chi connectivity index (χ1) is 14.1. The molecule has 3 fully saturated rings. The summed E-state index contributed by atoms with van der Waals surface area (Å²) in [6.07, 6.45) is 12.4. The van der Waals surface area contributed by atoms with E-state index in [2.05, 4.69) is 32.2 Å². The van der Waals surface area contributed by atoms with E-state index in [0.717, 1.165) is 30.6 Å². The maximum Gasteiger partial charge on any atom is 0.219 e. The van der Waals surface area contributed by atoms with E-state index in [-0.39, 0.29) is 11.8 Å². The molecule has 4 aliphatic carbocycles. The van der Waals surface area contributed by atoms with Crippen molar-refractivity contribution in [3.05, 3.63) is 11.6 Å². The Balaban J connectivity index is 1.55. The molecule has 1 N–H and O–H groups in total. The second-order valence-corrected chi connectivity index (χ2v) is 11.5. The highest BCUT2D eigenvalue weighted by atomic mass is 16.2. The van der Waals surface area contributed by atoms with Crippen molar-refractivity contribution in [2.75, 3.05) is 7.05 Å². The number of hydrogen-bond donors (Lipinski definition) is 1. The van der Waals surface area contributed by atoms with Crippen molar-refractivity contribution in [3.63, 3.8) is 0 Å². The van der Waals surface area contributed by atoms with Gasteiger partial charge >= 0.3 is 0 Å². The molecule has 8 atom stereocenters. The molecule has 4 rings (SSSR count). The van der Waals surface area contributed by atoms with Gasteiger partial charge in [0.15, 0.2) is 0 Å². The molecule has 3 saturated carbocycles. The van der Waals surface area contributed by atoms with Crippen LogP contribution in [-0.4, -0.2) is 35.8 Å². The van der Waals surface area contributed by atoms with E-state index >= 15 is 0 Å². The van der Waals surface area contributed by atoms with E-state index in [9.17, 15) is 9.59 Å². The molecule has 4 nitrogen and oxygen atoms in total. The number of nitrogens with zero attached hydrogens (tertiary/aromatic N) is 1. The van der Waals surface area contributed by atoms with Crippen LogP contribution in [0.3, 0.4) is 0 Å². The van der Waals surface area contributed by atoms with E-state index in [1.54, 1.807) is 19.4 Å². The van der Waals surface area contributed by atoms with Crippen molar-refractivity contribution in [2.45, 2.75) is 98.1 Å². The number of nitrogens with one attached hydrogen (secondary N) is 1. The number of rotatable bonds is 3. The summed E-state index contributed by atoms with van der Waals surface area (Å²) < 4.78 is 0. The van der Waals surface area contributed by atoms with Gasteiger partial charge in [0.05, 0.1) is 0 Å². The third-order valence-corrected chi connectivity index (χ3v) is 10.3. The monoisotopic (exact) mass is 414 g/mol. The molecule has 1 unspecified atom stereocenters. The molecule has 0 aromatic heterocycles. The highest BCUT2D eigenvalue weighted by Gasteiger charge is 2.59. The van der Waals surface area contributed by atoms with Crippen LogP contribution in [0, 0.1) is 34.5 Å². The smallest absolute Gasteiger partial charge is 0.219 e. The maximum absolute atomic E-state index is 12.0. The molecule has 0 spiro atoms. The predicted molar refractivity (Wildman–Crippen MR) is 121 cm³/mol. The van der Waals surface area contributed by atoms with Crippen LogP contribution in [0.15, 0.2) is 11.6 Å². The Morgan fingerprint density at radius 3 is 2.50 bits per heavy atom. The van der Waals surface area contributed by atoms with Gasteiger partial charge in [-0.1, -0.05) is 25.5 Å². The van der Waals surface area contributed by atoms with E-state index < -0.39 is 0 Å². The fraction of sp³-hybridized carbons (Fsp3) is 0.846. The summed E-state index contributed by atoms with van der Waals surface area (Å²) in [5.74, 6) is 3.27. The summed E-state index contributed by atoms with van der Waals surface area (Å²) in [5.41, 5.74) is 2.30.